The maximum absolute atomic E-state index is 12.0. The lowest BCUT2D eigenvalue weighted by atomic mass is 10.2. The molecule has 0 saturated carbocycles. The first-order valence-corrected chi connectivity index (χ1v) is 7.16. The van der Waals surface area contributed by atoms with Crippen LogP contribution in [0.15, 0.2) is 30.6 Å². The molecule has 0 unspecified atom stereocenters. The van der Waals surface area contributed by atoms with Gasteiger partial charge in [0.25, 0.3) is 0 Å². The molecule has 0 bridgehead atoms. The van der Waals surface area contributed by atoms with Crippen LogP contribution < -0.4 is 0 Å². The van der Waals surface area contributed by atoms with Crippen LogP contribution in [0.25, 0.3) is 5.69 Å². The number of hydrogen-bond acceptors (Lipinski definition) is 4. The molecule has 1 aromatic heterocycles. The second-order valence-electron chi connectivity index (χ2n) is 6.29. The molecule has 0 atom stereocenters. The van der Waals surface area contributed by atoms with Crippen LogP contribution in [0.4, 0.5) is 4.79 Å². The van der Waals surface area contributed by atoms with Gasteiger partial charge in [-0.25, -0.2) is 4.79 Å². The number of carbonyl (C=O) groups excluding carboxylic acids is 1. The van der Waals surface area contributed by atoms with Crippen LogP contribution in [0.5, 0.6) is 0 Å². The van der Waals surface area contributed by atoms with Crippen molar-refractivity contribution in [2.75, 3.05) is 7.05 Å². The zero-order valence-corrected chi connectivity index (χ0v) is 13.7. The lowest BCUT2D eigenvalue weighted by Crippen LogP contribution is -2.34. The number of aromatic nitrogens is 3. The topological polar surface area (TPSA) is 60.2 Å². The number of rotatable bonds is 3. The van der Waals surface area contributed by atoms with Gasteiger partial charge in [-0.1, -0.05) is 17.7 Å². The lowest BCUT2D eigenvalue weighted by Gasteiger charge is -2.24. The Morgan fingerprint density at radius 2 is 1.91 bits per heavy atom. The molecule has 6 nitrogen and oxygen atoms in total. The Kier molecular flexibility index (Phi) is 4.49. The summed E-state index contributed by atoms with van der Waals surface area (Å²) in [6.07, 6.45) is 1.26. The third kappa shape index (κ3) is 4.07. The Balaban J connectivity index is 2.13. The average molecular weight is 302 g/mol. The number of aryl methyl sites for hydroxylation is 1. The molecule has 0 spiro atoms. The van der Waals surface area contributed by atoms with Crippen LogP contribution in [0, 0.1) is 6.92 Å². The highest BCUT2D eigenvalue weighted by Gasteiger charge is 2.21. The molecule has 118 valence electrons. The van der Waals surface area contributed by atoms with Crippen LogP contribution in [0.2, 0.25) is 0 Å². The van der Waals surface area contributed by atoms with E-state index in [1.165, 1.54) is 10.5 Å². The van der Waals surface area contributed by atoms with E-state index in [2.05, 4.69) is 10.2 Å². The van der Waals surface area contributed by atoms with Crippen LogP contribution >= 0.6 is 0 Å². The third-order valence-corrected chi connectivity index (χ3v) is 3.01. The van der Waals surface area contributed by atoms with E-state index < -0.39 is 5.60 Å². The summed E-state index contributed by atoms with van der Waals surface area (Å²) in [4.78, 5) is 13.5. The summed E-state index contributed by atoms with van der Waals surface area (Å²) in [7, 11) is 1.68. The predicted octanol–water partition coefficient (Wildman–Crippen LogP) is 2.94. The maximum atomic E-state index is 12.0. The first kappa shape index (κ1) is 16.0. The monoisotopic (exact) mass is 302 g/mol. The number of benzene rings is 1. The van der Waals surface area contributed by atoms with Crippen molar-refractivity contribution in [3.63, 3.8) is 0 Å². The van der Waals surface area contributed by atoms with Crippen LogP contribution in [0.3, 0.4) is 0 Å². The van der Waals surface area contributed by atoms with Gasteiger partial charge in [0.05, 0.1) is 6.54 Å². The average Bonchev–Trinajstić information content (AvgIpc) is 2.85. The molecule has 0 aliphatic carbocycles. The number of hydrogen-bond donors (Lipinski definition) is 0. The third-order valence-electron chi connectivity index (χ3n) is 3.01. The fourth-order valence-corrected chi connectivity index (χ4v) is 1.90. The summed E-state index contributed by atoms with van der Waals surface area (Å²) in [5.41, 5.74) is 1.63. The van der Waals surface area contributed by atoms with Gasteiger partial charge in [0, 0.05) is 12.7 Å². The zero-order valence-electron chi connectivity index (χ0n) is 13.7. The minimum atomic E-state index is -0.518. The number of ether oxygens (including phenoxy) is 1. The van der Waals surface area contributed by atoms with Crippen molar-refractivity contribution in [1.82, 2.24) is 19.7 Å². The molecule has 6 heteroatoms. The van der Waals surface area contributed by atoms with Crippen molar-refractivity contribution in [2.24, 2.45) is 0 Å². The zero-order chi connectivity index (χ0) is 16.3. The summed E-state index contributed by atoms with van der Waals surface area (Å²) in [6, 6.07) is 8.04. The van der Waals surface area contributed by atoms with E-state index in [0.717, 1.165) is 5.69 Å². The summed E-state index contributed by atoms with van der Waals surface area (Å²) in [6.45, 7) is 7.88. The van der Waals surface area contributed by atoms with Crippen molar-refractivity contribution in [2.45, 2.75) is 39.8 Å². The molecular formula is C16H22N4O2. The highest BCUT2D eigenvalue weighted by molar-refractivity contribution is 5.67. The minimum absolute atomic E-state index is 0.322. The number of carbonyl (C=O) groups is 1. The molecule has 22 heavy (non-hydrogen) atoms. The van der Waals surface area contributed by atoms with Crippen molar-refractivity contribution >= 4 is 6.09 Å². The molecular weight excluding hydrogens is 280 g/mol. The Morgan fingerprint density at radius 1 is 1.27 bits per heavy atom. The van der Waals surface area contributed by atoms with E-state index >= 15 is 0 Å². The molecule has 1 amide bonds. The minimum Gasteiger partial charge on any atom is -0.444 e. The van der Waals surface area contributed by atoms with Crippen molar-refractivity contribution in [1.29, 1.82) is 0 Å². The molecule has 2 aromatic rings. The second kappa shape index (κ2) is 6.17. The van der Waals surface area contributed by atoms with Gasteiger partial charge >= 0.3 is 6.09 Å². The van der Waals surface area contributed by atoms with E-state index in [4.69, 9.17) is 4.74 Å². The number of amides is 1. The van der Waals surface area contributed by atoms with Gasteiger partial charge in [-0.2, -0.15) is 0 Å². The smallest absolute Gasteiger partial charge is 0.410 e. The highest BCUT2D eigenvalue weighted by atomic mass is 16.6. The lowest BCUT2D eigenvalue weighted by molar-refractivity contribution is 0.0280. The normalized spacial score (nSPS) is 11.3. The standard InChI is InChI=1S/C16H22N4O2/c1-12-6-8-13(9-7-12)20-11-17-18-14(20)10-19(5)15(21)22-16(2,3)4/h6-9,11H,10H2,1-5H3. The Labute approximate surface area is 130 Å². The molecule has 1 heterocycles. The summed E-state index contributed by atoms with van der Waals surface area (Å²) in [5, 5.41) is 8.04. The van der Waals surface area contributed by atoms with Gasteiger partial charge in [0.2, 0.25) is 0 Å². The molecule has 2 rings (SSSR count). The second-order valence-corrected chi connectivity index (χ2v) is 6.29. The Morgan fingerprint density at radius 3 is 2.50 bits per heavy atom. The first-order chi connectivity index (χ1) is 10.3. The molecule has 0 aliphatic rings. The van der Waals surface area contributed by atoms with Gasteiger partial charge < -0.3 is 9.64 Å². The first-order valence-electron chi connectivity index (χ1n) is 7.16. The van der Waals surface area contributed by atoms with Gasteiger partial charge in [-0.05, 0) is 39.8 Å². The van der Waals surface area contributed by atoms with Crippen molar-refractivity contribution in [3.05, 3.63) is 42.0 Å². The van der Waals surface area contributed by atoms with E-state index in [9.17, 15) is 4.79 Å². The summed E-state index contributed by atoms with van der Waals surface area (Å²) >= 11 is 0. The van der Waals surface area contributed by atoms with Gasteiger partial charge in [-0.3, -0.25) is 4.57 Å². The fraction of sp³-hybridized carbons (Fsp3) is 0.438. The van der Waals surface area contributed by atoms with E-state index in [-0.39, 0.29) is 6.09 Å². The molecule has 0 fully saturated rings. The largest absolute Gasteiger partial charge is 0.444 e. The highest BCUT2D eigenvalue weighted by Crippen LogP contribution is 2.14. The van der Waals surface area contributed by atoms with Crippen LogP contribution in [0.1, 0.15) is 32.2 Å². The molecule has 1 aromatic carbocycles. The van der Waals surface area contributed by atoms with Gasteiger partial charge in [0.15, 0.2) is 5.82 Å². The SMILES string of the molecule is Cc1ccc(-n2cnnc2CN(C)C(=O)OC(C)(C)C)cc1. The van der Waals surface area contributed by atoms with Gasteiger partial charge in [-0.15, -0.1) is 10.2 Å². The number of nitrogens with zero attached hydrogens (tertiary/aromatic N) is 4. The quantitative estimate of drug-likeness (QED) is 0.874. The van der Waals surface area contributed by atoms with Crippen molar-refractivity contribution in [3.8, 4) is 5.69 Å². The van der Waals surface area contributed by atoms with Crippen molar-refractivity contribution < 1.29 is 9.53 Å². The van der Waals surface area contributed by atoms with E-state index in [1.807, 2.05) is 56.5 Å². The predicted molar refractivity (Wildman–Crippen MR) is 83.8 cm³/mol. The van der Waals surface area contributed by atoms with Crippen LogP contribution in [-0.4, -0.2) is 38.4 Å². The van der Waals surface area contributed by atoms with E-state index in [0.29, 0.717) is 12.4 Å². The fourth-order valence-electron chi connectivity index (χ4n) is 1.90. The Bertz CT molecular complexity index is 641. The Hall–Kier alpha value is -2.37. The van der Waals surface area contributed by atoms with Crippen LogP contribution in [-0.2, 0) is 11.3 Å². The molecule has 0 N–H and O–H groups in total. The maximum Gasteiger partial charge on any atom is 0.410 e. The molecule has 0 saturated heterocycles. The summed E-state index contributed by atoms with van der Waals surface area (Å²) in [5.74, 6) is 0.678. The molecule has 0 radical (unpaired) electrons. The van der Waals surface area contributed by atoms with Gasteiger partial charge in [0.1, 0.15) is 11.9 Å². The summed E-state index contributed by atoms with van der Waals surface area (Å²) < 4.78 is 7.20. The molecule has 0 aliphatic heterocycles. The van der Waals surface area contributed by atoms with E-state index in [1.54, 1.807) is 13.4 Å².